The van der Waals surface area contributed by atoms with Crippen LogP contribution in [-0.4, -0.2) is 73.1 Å². The molecule has 0 radical (unpaired) electrons. The molecule has 0 spiro atoms. The number of nitrogens with zero attached hydrogens (tertiary/aromatic N) is 2. The van der Waals surface area contributed by atoms with Crippen molar-refractivity contribution < 1.29 is 24.5 Å². The molecule has 0 aromatic rings. The van der Waals surface area contributed by atoms with E-state index in [-0.39, 0.29) is 13.5 Å². The van der Waals surface area contributed by atoms with Gasteiger partial charge < -0.3 is 24.6 Å². The van der Waals surface area contributed by atoms with Gasteiger partial charge in [-0.3, -0.25) is 4.90 Å². The molecule has 120 valence electrons. The van der Waals surface area contributed by atoms with E-state index in [0.717, 1.165) is 30.6 Å². The normalized spacial score (nSPS) is 10.6. The zero-order chi connectivity index (χ0) is 15.2. The van der Waals surface area contributed by atoms with Gasteiger partial charge in [0.25, 0.3) is 0 Å². The fourth-order valence-electron chi connectivity index (χ4n) is 1.55. The smallest absolute Gasteiger partial charge is 0.325 e. The summed E-state index contributed by atoms with van der Waals surface area (Å²) in [6.07, 6.45) is 3.46. The van der Waals surface area contributed by atoms with Crippen molar-refractivity contribution in [1.29, 1.82) is 0 Å². The highest BCUT2D eigenvalue weighted by atomic mass is 16.5. The van der Waals surface area contributed by atoms with Gasteiger partial charge in [0.2, 0.25) is 0 Å². The first kappa shape index (κ1) is 19.1. The number of aliphatic hydroxyl groups is 2. The molecule has 7 nitrogen and oxygen atoms in total. The summed E-state index contributed by atoms with van der Waals surface area (Å²) in [5.74, 6) is 0. The van der Waals surface area contributed by atoms with Crippen LogP contribution in [0.5, 0.6) is 0 Å². The van der Waals surface area contributed by atoms with Crippen molar-refractivity contribution >= 4 is 6.03 Å². The average Bonchev–Trinajstić information content (AvgIpc) is 2.47. The first-order valence-corrected chi connectivity index (χ1v) is 7.03. The minimum Gasteiger partial charge on any atom is -0.385 e. The zero-order valence-electron chi connectivity index (χ0n) is 12.6. The first-order chi connectivity index (χ1) is 9.71. The lowest BCUT2D eigenvalue weighted by Gasteiger charge is -2.27. The van der Waals surface area contributed by atoms with E-state index in [1.807, 2.05) is 6.92 Å². The highest BCUT2D eigenvalue weighted by molar-refractivity contribution is 5.74. The maximum Gasteiger partial charge on any atom is 0.325 e. The minimum absolute atomic E-state index is 0.0317. The Bertz CT molecular complexity index is 219. The van der Waals surface area contributed by atoms with Gasteiger partial charge in [-0.15, -0.1) is 0 Å². The second kappa shape index (κ2) is 13.1. The Kier molecular flexibility index (Phi) is 12.5. The Morgan fingerprint density at radius 2 is 1.75 bits per heavy atom. The zero-order valence-corrected chi connectivity index (χ0v) is 12.6. The van der Waals surface area contributed by atoms with Gasteiger partial charge in [-0.1, -0.05) is 13.3 Å². The molecule has 0 aromatic heterocycles. The molecule has 0 aliphatic rings. The number of amides is 2. The topological polar surface area (TPSA) is 82.5 Å². The van der Waals surface area contributed by atoms with Gasteiger partial charge in [0, 0.05) is 26.9 Å². The molecule has 0 saturated carbocycles. The van der Waals surface area contributed by atoms with Crippen molar-refractivity contribution in [1.82, 2.24) is 9.80 Å². The number of carbonyl (C=O) groups excluding carboxylic acids is 1. The van der Waals surface area contributed by atoms with E-state index < -0.39 is 12.8 Å². The molecular formula is C13H28N2O5. The number of aliphatic hydroxyl groups excluding tert-OH is 2. The van der Waals surface area contributed by atoms with Crippen LogP contribution in [0.4, 0.5) is 4.79 Å². The van der Waals surface area contributed by atoms with Crippen LogP contribution < -0.4 is 0 Å². The van der Waals surface area contributed by atoms with E-state index in [1.54, 1.807) is 7.11 Å². The lowest BCUT2D eigenvalue weighted by atomic mass is 10.3. The van der Waals surface area contributed by atoms with E-state index in [2.05, 4.69) is 0 Å². The third-order valence-corrected chi connectivity index (χ3v) is 2.80. The number of hydrogen-bond acceptors (Lipinski definition) is 5. The third-order valence-electron chi connectivity index (χ3n) is 2.80. The van der Waals surface area contributed by atoms with Crippen LogP contribution in [0.25, 0.3) is 0 Å². The molecule has 0 aliphatic heterocycles. The summed E-state index contributed by atoms with van der Waals surface area (Å²) in [5, 5.41) is 18.4. The molecule has 0 heterocycles. The standard InChI is InChI=1S/C13H28N2O5/c1-3-4-9-20-12-15(11-17)13(18)14(10-16)7-5-6-8-19-2/h16-17H,3-12H2,1-2H3. The number of urea groups is 1. The van der Waals surface area contributed by atoms with Gasteiger partial charge in [-0.2, -0.15) is 0 Å². The van der Waals surface area contributed by atoms with Gasteiger partial charge >= 0.3 is 6.03 Å². The highest BCUT2D eigenvalue weighted by Crippen LogP contribution is 2.02. The van der Waals surface area contributed by atoms with Crippen molar-refractivity contribution in [2.75, 3.05) is 47.1 Å². The van der Waals surface area contributed by atoms with E-state index in [0.29, 0.717) is 19.8 Å². The predicted octanol–water partition coefficient (Wildman–Crippen LogP) is 0.811. The molecule has 0 rings (SSSR count). The van der Waals surface area contributed by atoms with E-state index >= 15 is 0 Å². The van der Waals surface area contributed by atoms with Crippen molar-refractivity contribution in [3.63, 3.8) is 0 Å². The Labute approximate surface area is 121 Å². The summed E-state index contributed by atoms with van der Waals surface area (Å²) >= 11 is 0. The van der Waals surface area contributed by atoms with Crippen LogP contribution >= 0.6 is 0 Å². The van der Waals surface area contributed by atoms with Crippen molar-refractivity contribution in [3.8, 4) is 0 Å². The van der Waals surface area contributed by atoms with Crippen LogP contribution in [0.1, 0.15) is 32.6 Å². The van der Waals surface area contributed by atoms with Crippen LogP contribution in [0.3, 0.4) is 0 Å². The van der Waals surface area contributed by atoms with Gasteiger partial charge in [-0.25, -0.2) is 4.79 Å². The second-order valence-corrected chi connectivity index (χ2v) is 4.46. The Hall–Kier alpha value is -0.890. The summed E-state index contributed by atoms with van der Waals surface area (Å²) < 4.78 is 10.2. The predicted molar refractivity (Wildman–Crippen MR) is 74.9 cm³/mol. The number of carbonyl (C=O) groups is 1. The molecule has 20 heavy (non-hydrogen) atoms. The molecule has 2 amide bonds. The largest absolute Gasteiger partial charge is 0.385 e. The van der Waals surface area contributed by atoms with Crippen LogP contribution in [0.2, 0.25) is 0 Å². The molecular weight excluding hydrogens is 264 g/mol. The minimum atomic E-state index is -0.431. The third kappa shape index (κ3) is 8.31. The Balaban J connectivity index is 4.10. The van der Waals surface area contributed by atoms with Gasteiger partial charge in [0.1, 0.15) is 20.2 Å². The summed E-state index contributed by atoms with van der Waals surface area (Å²) in [4.78, 5) is 14.5. The van der Waals surface area contributed by atoms with Gasteiger partial charge in [0.15, 0.2) is 0 Å². The maximum atomic E-state index is 12.1. The quantitative estimate of drug-likeness (QED) is 0.411. The van der Waals surface area contributed by atoms with Crippen LogP contribution in [-0.2, 0) is 9.47 Å². The van der Waals surface area contributed by atoms with Crippen molar-refractivity contribution in [2.45, 2.75) is 32.6 Å². The molecule has 2 N–H and O–H groups in total. The Morgan fingerprint density at radius 3 is 2.30 bits per heavy atom. The SMILES string of the molecule is CCCCOCN(CO)C(=O)N(CO)CCCCOC. The fourth-order valence-corrected chi connectivity index (χ4v) is 1.55. The Morgan fingerprint density at radius 1 is 1.05 bits per heavy atom. The molecule has 0 unspecified atom stereocenters. The summed E-state index contributed by atoms with van der Waals surface area (Å²) in [6, 6.07) is -0.427. The summed E-state index contributed by atoms with van der Waals surface area (Å²) in [7, 11) is 1.62. The molecule has 0 aromatic carbocycles. The summed E-state index contributed by atoms with van der Waals surface area (Å²) in [5.41, 5.74) is 0. The van der Waals surface area contributed by atoms with Gasteiger partial charge in [0.05, 0.1) is 0 Å². The van der Waals surface area contributed by atoms with Crippen LogP contribution in [0, 0.1) is 0 Å². The highest BCUT2D eigenvalue weighted by Gasteiger charge is 2.19. The monoisotopic (exact) mass is 292 g/mol. The average molecular weight is 292 g/mol. The maximum absolute atomic E-state index is 12.1. The summed E-state index contributed by atoms with van der Waals surface area (Å²) in [6.45, 7) is 2.86. The number of rotatable bonds is 12. The van der Waals surface area contributed by atoms with Gasteiger partial charge in [-0.05, 0) is 19.3 Å². The number of hydrogen-bond donors (Lipinski definition) is 2. The fraction of sp³-hybridized carbons (Fsp3) is 0.923. The lowest BCUT2D eigenvalue weighted by Crippen LogP contribution is -2.45. The van der Waals surface area contributed by atoms with Crippen LogP contribution in [0.15, 0.2) is 0 Å². The number of ether oxygens (including phenoxy) is 2. The number of methoxy groups -OCH3 is 1. The lowest BCUT2D eigenvalue weighted by molar-refractivity contribution is -0.00967. The second-order valence-electron chi connectivity index (χ2n) is 4.46. The molecule has 0 atom stereocenters. The van der Waals surface area contributed by atoms with E-state index in [1.165, 1.54) is 4.90 Å². The molecule has 0 fully saturated rings. The molecule has 0 bridgehead atoms. The first-order valence-electron chi connectivity index (χ1n) is 7.03. The molecule has 7 heteroatoms. The molecule has 0 saturated heterocycles. The van der Waals surface area contributed by atoms with E-state index in [4.69, 9.17) is 9.47 Å². The van der Waals surface area contributed by atoms with E-state index in [9.17, 15) is 15.0 Å². The van der Waals surface area contributed by atoms with Crippen molar-refractivity contribution in [2.24, 2.45) is 0 Å². The van der Waals surface area contributed by atoms with Crippen molar-refractivity contribution in [3.05, 3.63) is 0 Å². The molecule has 0 aliphatic carbocycles. The number of unbranched alkanes of at least 4 members (excludes halogenated alkanes) is 2.